The lowest BCUT2D eigenvalue weighted by Crippen LogP contribution is -2.37. The van der Waals surface area contributed by atoms with Crippen LogP contribution in [0, 0.1) is 10.5 Å². The van der Waals surface area contributed by atoms with E-state index >= 15 is 0 Å². The minimum atomic E-state index is 0.199. The Bertz CT molecular complexity index is 1140. The highest BCUT2D eigenvalue weighted by Gasteiger charge is 2.26. The van der Waals surface area contributed by atoms with Crippen molar-refractivity contribution >= 4 is 34.1 Å². The van der Waals surface area contributed by atoms with Crippen molar-refractivity contribution in [3.63, 3.8) is 0 Å². The second kappa shape index (κ2) is 9.14. The molecule has 1 saturated heterocycles. The molecule has 0 atom stereocenters. The van der Waals surface area contributed by atoms with Gasteiger partial charge >= 0.3 is 0 Å². The van der Waals surface area contributed by atoms with Crippen LogP contribution >= 0.6 is 22.6 Å². The molecule has 0 N–H and O–H groups in total. The summed E-state index contributed by atoms with van der Waals surface area (Å²) < 4.78 is 1.18. The molecule has 1 aliphatic heterocycles. The summed E-state index contributed by atoms with van der Waals surface area (Å²) in [4.78, 5) is 23.8. The summed E-state index contributed by atoms with van der Waals surface area (Å²) >= 11 is 2.36. The first-order valence-electron chi connectivity index (χ1n) is 11.2. The van der Waals surface area contributed by atoms with Crippen molar-refractivity contribution in [2.45, 2.75) is 39.0 Å². The molecule has 5 heteroatoms. The zero-order chi connectivity index (χ0) is 22.1. The van der Waals surface area contributed by atoms with Gasteiger partial charge in [0.2, 0.25) is 5.91 Å². The van der Waals surface area contributed by atoms with Gasteiger partial charge in [0.25, 0.3) is 0 Å². The molecule has 0 unspecified atom stereocenters. The van der Waals surface area contributed by atoms with Crippen LogP contribution in [0.25, 0.3) is 5.57 Å². The minimum Gasteiger partial charge on any atom is -0.342 e. The summed E-state index contributed by atoms with van der Waals surface area (Å²) in [5, 5.41) is 0. The van der Waals surface area contributed by atoms with E-state index in [1.807, 2.05) is 23.2 Å². The van der Waals surface area contributed by atoms with Crippen molar-refractivity contribution in [1.29, 1.82) is 0 Å². The van der Waals surface area contributed by atoms with E-state index < -0.39 is 0 Å². The molecule has 162 valence electrons. The third-order valence-corrected chi connectivity index (χ3v) is 7.13. The molecular weight excluding hydrogens is 509 g/mol. The van der Waals surface area contributed by atoms with E-state index in [2.05, 4.69) is 58.8 Å². The van der Waals surface area contributed by atoms with Gasteiger partial charge in [-0.2, -0.15) is 0 Å². The number of carbonyl (C=O) groups excluding carboxylic acids is 1. The van der Waals surface area contributed by atoms with Crippen LogP contribution in [-0.4, -0.2) is 33.9 Å². The van der Waals surface area contributed by atoms with Crippen molar-refractivity contribution in [2.24, 2.45) is 0 Å². The topological polar surface area (TPSA) is 46.1 Å². The number of hydrogen-bond acceptors (Lipinski definition) is 3. The van der Waals surface area contributed by atoms with Gasteiger partial charge in [-0.15, -0.1) is 0 Å². The number of hydrogen-bond donors (Lipinski definition) is 0. The van der Waals surface area contributed by atoms with Crippen molar-refractivity contribution in [3.05, 3.63) is 97.6 Å². The highest BCUT2D eigenvalue weighted by atomic mass is 127. The summed E-state index contributed by atoms with van der Waals surface area (Å²) in [6.07, 6.45) is 9.78. The quantitative estimate of drug-likeness (QED) is 0.427. The SMILES string of the molecule is Cc1ccc2c(c1)CCc1cc(I)cnc1C2=C1CCN(C(=O)Cc2ccncc2)CC1. The number of aryl methyl sites for hydroxylation is 3. The van der Waals surface area contributed by atoms with Gasteiger partial charge in [-0.05, 0) is 95.7 Å². The Balaban J connectivity index is 1.46. The zero-order valence-corrected chi connectivity index (χ0v) is 20.4. The Kier molecular flexibility index (Phi) is 6.09. The highest BCUT2D eigenvalue weighted by molar-refractivity contribution is 14.1. The fourth-order valence-electron chi connectivity index (χ4n) is 4.89. The van der Waals surface area contributed by atoms with Gasteiger partial charge in [-0.3, -0.25) is 14.8 Å². The number of halogens is 1. The van der Waals surface area contributed by atoms with E-state index in [4.69, 9.17) is 4.98 Å². The number of benzene rings is 1. The predicted octanol–water partition coefficient (Wildman–Crippen LogP) is 5.16. The number of pyridine rings is 2. The molecule has 4 nitrogen and oxygen atoms in total. The number of aromatic nitrogens is 2. The number of amides is 1. The first-order chi connectivity index (χ1) is 15.6. The Morgan fingerprint density at radius 1 is 1.00 bits per heavy atom. The summed E-state index contributed by atoms with van der Waals surface area (Å²) in [7, 11) is 0. The Labute approximate surface area is 202 Å². The number of likely N-dealkylation sites (tertiary alicyclic amines) is 1. The molecule has 32 heavy (non-hydrogen) atoms. The average molecular weight is 535 g/mol. The maximum atomic E-state index is 12.9. The molecule has 1 aromatic carbocycles. The first-order valence-corrected chi connectivity index (χ1v) is 12.3. The highest BCUT2D eigenvalue weighted by Crippen LogP contribution is 2.38. The second-order valence-corrected chi connectivity index (χ2v) is 9.96. The lowest BCUT2D eigenvalue weighted by Gasteiger charge is -2.30. The zero-order valence-electron chi connectivity index (χ0n) is 18.3. The normalized spacial score (nSPS) is 15.8. The number of fused-ring (bicyclic) bond motifs is 2. The van der Waals surface area contributed by atoms with Crippen LogP contribution in [0.4, 0.5) is 0 Å². The first kappa shape index (κ1) is 21.3. The molecule has 3 aromatic rings. The Hall–Kier alpha value is -2.54. The van der Waals surface area contributed by atoms with E-state index in [0.717, 1.165) is 50.0 Å². The van der Waals surface area contributed by atoms with Crippen LogP contribution in [0.5, 0.6) is 0 Å². The van der Waals surface area contributed by atoms with E-state index in [1.165, 1.54) is 37.0 Å². The van der Waals surface area contributed by atoms with E-state index in [1.54, 1.807) is 12.4 Å². The van der Waals surface area contributed by atoms with E-state index in [0.29, 0.717) is 6.42 Å². The van der Waals surface area contributed by atoms with Gasteiger partial charge in [0.05, 0.1) is 12.1 Å². The Morgan fingerprint density at radius 2 is 1.75 bits per heavy atom. The molecule has 1 amide bonds. The maximum absolute atomic E-state index is 12.9. The van der Waals surface area contributed by atoms with Crippen molar-refractivity contribution < 1.29 is 4.79 Å². The molecule has 5 rings (SSSR count). The summed E-state index contributed by atoms with van der Waals surface area (Å²) in [5.41, 5.74) is 10.3. The third-order valence-electron chi connectivity index (χ3n) is 6.54. The molecule has 0 bridgehead atoms. The smallest absolute Gasteiger partial charge is 0.227 e. The average Bonchev–Trinajstić information content (AvgIpc) is 2.96. The third kappa shape index (κ3) is 4.35. The number of carbonyl (C=O) groups is 1. The maximum Gasteiger partial charge on any atom is 0.227 e. The predicted molar refractivity (Wildman–Crippen MR) is 135 cm³/mol. The van der Waals surface area contributed by atoms with Crippen LogP contribution in [0.1, 0.15) is 46.4 Å². The van der Waals surface area contributed by atoms with Gasteiger partial charge in [-0.1, -0.05) is 29.3 Å². The molecule has 2 aliphatic rings. The van der Waals surface area contributed by atoms with Gasteiger partial charge in [0, 0.05) is 40.8 Å². The summed E-state index contributed by atoms with van der Waals surface area (Å²) in [5.74, 6) is 0.199. The van der Waals surface area contributed by atoms with Gasteiger partial charge in [0.1, 0.15) is 0 Å². The van der Waals surface area contributed by atoms with Crippen molar-refractivity contribution in [2.75, 3.05) is 13.1 Å². The fourth-order valence-corrected chi connectivity index (χ4v) is 5.40. The van der Waals surface area contributed by atoms with Gasteiger partial charge in [0.15, 0.2) is 0 Å². The standard InChI is InChI=1S/C27H26IN3O/c1-18-2-5-24-21(14-18)3-4-22-16-23(28)17-30-27(22)26(24)20-8-12-31(13-9-20)25(32)15-19-6-10-29-11-7-19/h2,5-7,10-11,14,16-17H,3-4,8-9,12-13,15H2,1H3. The lowest BCUT2D eigenvalue weighted by molar-refractivity contribution is -0.130. The van der Waals surface area contributed by atoms with Crippen LogP contribution in [0.15, 0.2) is 60.6 Å². The molecule has 0 saturated carbocycles. The van der Waals surface area contributed by atoms with Crippen LogP contribution in [0.2, 0.25) is 0 Å². The van der Waals surface area contributed by atoms with Crippen LogP contribution in [-0.2, 0) is 24.1 Å². The largest absolute Gasteiger partial charge is 0.342 e. The minimum absolute atomic E-state index is 0.199. The second-order valence-electron chi connectivity index (χ2n) is 8.71. The molecule has 1 fully saturated rings. The molecule has 3 heterocycles. The van der Waals surface area contributed by atoms with E-state index in [9.17, 15) is 4.79 Å². The van der Waals surface area contributed by atoms with Gasteiger partial charge < -0.3 is 4.90 Å². The number of nitrogens with zero attached hydrogens (tertiary/aromatic N) is 3. The van der Waals surface area contributed by atoms with Crippen LogP contribution in [0.3, 0.4) is 0 Å². The van der Waals surface area contributed by atoms with E-state index in [-0.39, 0.29) is 5.91 Å². The van der Waals surface area contributed by atoms with Crippen molar-refractivity contribution in [3.8, 4) is 0 Å². The molecule has 0 spiro atoms. The molecule has 1 aliphatic carbocycles. The summed E-state index contributed by atoms with van der Waals surface area (Å²) in [6, 6.07) is 13.0. The molecule has 2 aromatic heterocycles. The van der Waals surface area contributed by atoms with Crippen LogP contribution < -0.4 is 0 Å². The lowest BCUT2D eigenvalue weighted by atomic mass is 9.88. The molecular formula is C27H26IN3O. The van der Waals surface area contributed by atoms with Gasteiger partial charge in [-0.25, -0.2) is 0 Å². The Morgan fingerprint density at radius 3 is 2.53 bits per heavy atom. The monoisotopic (exact) mass is 535 g/mol. The summed E-state index contributed by atoms with van der Waals surface area (Å²) in [6.45, 7) is 3.70. The molecule has 0 radical (unpaired) electrons. The van der Waals surface area contributed by atoms with Crippen molar-refractivity contribution in [1.82, 2.24) is 14.9 Å². The number of rotatable bonds is 2. The number of piperidine rings is 1. The fraction of sp³-hybridized carbons (Fsp3) is 0.296.